The lowest BCUT2D eigenvalue weighted by atomic mass is 10.2. The summed E-state index contributed by atoms with van der Waals surface area (Å²) >= 11 is 6.00. The molecule has 5 heteroatoms. The molecule has 0 bridgehead atoms. The molecule has 19 heavy (non-hydrogen) atoms. The number of nitrogens with zero attached hydrogens (tertiary/aromatic N) is 2. The maximum atomic E-state index is 12.0. The predicted molar refractivity (Wildman–Crippen MR) is 76.7 cm³/mol. The van der Waals surface area contributed by atoms with Crippen molar-refractivity contribution in [3.63, 3.8) is 0 Å². The van der Waals surface area contributed by atoms with E-state index in [-0.39, 0.29) is 12.0 Å². The van der Waals surface area contributed by atoms with E-state index in [0.29, 0.717) is 0 Å². The Kier molecular flexibility index (Phi) is 4.66. The third kappa shape index (κ3) is 3.39. The highest BCUT2D eigenvalue weighted by molar-refractivity contribution is 6.30. The van der Waals surface area contributed by atoms with E-state index in [0.717, 1.165) is 36.9 Å². The van der Waals surface area contributed by atoms with Crippen LogP contribution in [0.2, 0.25) is 5.02 Å². The molecule has 1 unspecified atom stereocenters. The number of carbonyl (C=O) groups excluding carboxylic acids is 1. The third-order valence-corrected chi connectivity index (χ3v) is 3.70. The van der Waals surface area contributed by atoms with E-state index >= 15 is 0 Å². The van der Waals surface area contributed by atoms with Gasteiger partial charge in [0.15, 0.2) is 0 Å². The fourth-order valence-corrected chi connectivity index (χ4v) is 2.40. The zero-order valence-electron chi connectivity index (χ0n) is 11.3. The molecule has 0 spiro atoms. The molecule has 1 heterocycles. The number of hydrogen-bond acceptors (Lipinski definition) is 3. The molecule has 104 valence electrons. The van der Waals surface area contributed by atoms with Crippen LogP contribution in [0, 0.1) is 0 Å². The first kappa shape index (κ1) is 14.2. The van der Waals surface area contributed by atoms with Crippen molar-refractivity contribution in [3.05, 3.63) is 29.3 Å². The van der Waals surface area contributed by atoms with Gasteiger partial charge in [0.25, 0.3) is 5.91 Å². The van der Waals surface area contributed by atoms with E-state index in [1.54, 1.807) is 14.0 Å². The number of benzene rings is 1. The highest BCUT2D eigenvalue weighted by Crippen LogP contribution is 2.20. The van der Waals surface area contributed by atoms with Gasteiger partial charge in [0.2, 0.25) is 0 Å². The lowest BCUT2D eigenvalue weighted by Crippen LogP contribution is -2.51. The van der Waals surface area contributed by atoms with Crippen LogP contribution in [0.25, 0.3) is 0 Å². The first-order valence-electron chi connectivity index (χ1n) is 6.44. The van der Waals surface area contributed by atoms with Gasteiger partial charge in [-0.25, -0.2) is 0 Å². The highest BCUT2D eigenvalue weighted by atomic mass is 35.5. The van der Waals surface area contributed by atoms with Crippen LogP contribution in [0.5, 0.6) is 0 Å². The molecule has 1 aliphatic heterocycles. The molecule has 0 aliphatic carbocycles. The van der Waals surface area contributed by atoms with Gasteiger partial charge in [-0.1, -0.05) is 17.7 Å². The van der Waals surface area contributed by atoms with Crippen LogP contribution in [0.1, 0.15) is 6.92 Å². The van der Waals surface area contributed by atoms with Gasteiger partial charge in [-0.2, -0.15) is 0 Å². The van der Waals surface area contributed by atoms with Crippen LogP contribution >= 0.6 is 11.6 Å². The van der Waals surface area contributed by atoms with Crippen molar-refractivity contribution >= 4 is 23.2 Å². The first-order valence-corrected chi connectivity index (χ1v) is 6.81. The number of halogens is 1. The lowest BCUT2D eigenvalue weighted by Gasteiger charge is -2.37. The van der Waals surface area contributed by atoms with Crippen molar-refractivity contribution in [2.75, 3.05) is 38.2 Å². The second-order valence-electron chi connectivity index (χ2n) is 4.67. The van der Waals surface area contributed by atoms with Gasteiger partial charge >= 0.3 is 0 Å². The van der Waals surface area contributed by atoms with E-state index < -0.39 is 0 Å². The Morgan fingerprint density at radius 1 is 1.32 bits per heavy atom. The van der Waals surface area contributed by atoms with E-state index in [9.17, 15) is 4.79 Å². The minimum absolute atomic E-state index is 0.0632. The Labute approximate surface area is 118 Å². The Bertz CT molecular complexity index is 445. The van der Waals surface area contributed by atoms with E-state index in [2.05, 4.69) is 4.90 Å². The van der Waals surface area contributed by atoms with Crippen molar-refractivity contribution in [1.82, 2.24) is 4.90 Å². The minimum atomic E-state index is -0.363. The van der Waals surface area contributed by atoms with E-state index in [1.165, 1.54) is 0 Å². The summed E-state index contributed by atoms with van der Waals surface area (Å²) in [5.74, 6) is 0.0632. The fourth-order valence-electron chi connectivity index (χ4n) is 2.22. The zero-order valence-corrected chi connectivity index (χ0v) is 12.1. The maximum Gasteiger partial charge on any atom is 0.251 e. The number of methoxy groups -OCH3 is 1. The standard InChI is InChI=1S/C14H19ClN2O2/c1-11(19-2)14(18)17-8-6-16(7-9-17)13-5-3-4-12(15)10-13/h3-5,10-11H,6-9H2,1-2H3. The summed E-state index contributed by atoms with van der Waals surface area (Å²) in [6.45, 7) is 4.87. The van der Waals surface area contributed by atoms with Gasteiger partial charge in [0, 0.05) is 44.0 Å². The molecule has 1 amide bonds. The molecule has 1 saturated heterocycles. The average molecular weight is 283 g/mol. The molecule has 1 atom stereocenters. The Hall–Kier alpha value is -1.26. The average Bonchev–Trinajstić information content (AvgIpc) is 2.46. The fraction of sp³-hybridized carbons (Fsp3) is 0.500. The third-order valence-electron chi connectivity index (χ3n) is 3.47. The van der Waals surface area contributed by atoms with Crippen LogP contribution in [-0.4, -0.2) is 50.2 Å². The van der Waals surface area contributed by atoms with Gasteiger partial charge in [0.05, 0.1) is 0 Å². The van der Waals surface area contributed by atoms with Gasteiger partial charge in [-0.05, 0) is 25.1 Å². The van der Waals surface area contributed by atoms with Crippen LogP contribution in [0.3, 0.4) is 0 Å². The predicted octanol–water partition coefficient (Wildman–Crippen LogP) is 2.02. The van der Waals surface area contributed by atoms with Crippen molar-refractivity contribution in [3.8, 4) is 0 Å². The number of hydrogen-bond donors (Lipinski definition) is 0. The van der Waals surface area contributed by atoms with Crippen molar-refractivity contribution in [2.24, 2.45) is 0 Å². The Morgan fingerprint density at radius 3 is 2.58 bits per heavy atom. The number of amides is 1. The molecular weight excluding hydrogens is 264 g/mol. The van der Waals surface area contributed by atoms with Gasteiger partial charge in [0.1, 0.15) is 6.10 Å². The minimum Gasteiger partial charge on any atom is -0.372 e. The van der Waals surface area contributed by atoms with Gasteiger partial charge in [-0.15, -0.1) is 0 Å². The van der Waals surface area contributed by atoms with Crippen LogP contribution in [-0.2, 0) is 9.53 Å². The first-order chi connectivity index (χ1) is 9.11. The molecule has 1 fully saturated rings. The lowest BCUT2D eigenvalue weighted by molar-refractivity contribution is -0.141. The number of piperazine rings is 1. The summed E-state index contributed by atoms with van der Waals surface area (Å²) in [5.41, 5.74) is 1.11. The Balaban J connectivity index is 1.94. The molecule has 1 aromatic rings. The van der Waals surface area contributed by atoms with Crippen molar-refractivity contribution in [2.45, 2.75) is 13.0 Å². The van der Waals surface area contributed by atoms with Crippen molar-refractivity contribution in [1.29, 1.82) is 0 Å². The number of rotatable bonds is 3. The van der Waals surface area contributed by atoms with Gasteiger partial charge < -0.3 is 14.5 Å². The largest absolute Gasteiger partial charge is 0.372 e. The SMILES string of the molecule is COC(C)C(=O)N1CCN(c2cccc(Cl)c2)CC1. The smallest absolute Gasteiger partial charge is 0.251 e. The molecule has 4 nitrogen and oxygen atoms in total. The number of anilines is 1. The molecule has 0 aromatic heterocycles. The van der Waals surface area contributed by atoms with Crippen LogP contribution in [0.4, 0.5) is 5.69 Å². The van der Waals surface area contributed by atoms with Crippen molar-refractivity contribution < 1.29 is 9.53 Å². The normalized spacial score (nSPS) is 17.4. The topological polar surface area (TPSA) is 32.8 Å². The molecule has 0 N–H and O–H groups in total. The molecule has 0 radical (unpaired) electrons. The molecule has 0 saturated carbocycles. The highest BCUT2D eigenvalue weighted by Gasteiger charge is 2.24. The van der Waals surface area contributed by atoms with Crippen LogP contribution in [0.15, 0.2) is 24.3 Å². The van der Waals surface area contributed by atoms with E-state index in [4.69, 9.17) is 16.3 Å². The summed E-state index contributed by atoms with van der Waals surface area (Å²) < 4.78 is 5.07. The van der Waals surface area contributed by atoms with Gasteiger partial charge in [-0.3, -0.25) is 4.79 Å². The van der Waals surface area contributed by atoms with Crippen LogP contribution < -0.4 is 4.90 Å². The summed E-state index contributed by atoms with van der Waals surface area (Å²) in [4.78, 5) is 16.1. The Morgan fingerprint density at radius 2 is 2.00 bits per heavy atom. The number of carbonyl (C=O) groups is 1. The second-order valence-corrected chi connectivity index (χ2v) is 5.11. The molecule has 1 aromatic carbocycles. The zero-order chi connectivity index (χ0) is 13.8. The second kappa shape index (κ2) is 6.26. The quantitative estimate of drug-likeness (QED) is 0.850. The number of ether oxygens (including phenoxy) is 1. The van der Waals surface area contributed by atoms with E-state index in [1.807, 2.05) is 29.2 Å². The summed E-state index contributed by atoms with van der Waals surface area (Å²) in [6.07, 6.45) is -0.363. The summed E-state index contributed by atoms with van der Waals surface area (Å²) in [5, 5.41) is 0.740. The summed E-state index contributed by atoms with van der Waals surface area (Å²) in [7, 11) is 1.56. The molecule has 2 rings (SSSR count). The monoisotopic (exact) mass is 282 g/mol. The summed E-state index contributed by atoms with van der Waals surface area (Å²) in [6, 6.07) is 7.81. The maximum absolute atomic E-state index is 12.0. The molecule has 1 aliphatic rings. The molecular formula is C14H19ClN2O2.